The molecule has 0 aliphatic carbocycles. The quantitative estimate of drug-likeness (QED) is 0.665. The van der Waals surface area contributed by atoms with Crippen molar-refractivity contribution in [1.82, 2.24) is 10.3 Å². The molecule has 1 aromatic heterocycles. The van der Waals surface area contributed by atoms with E-state index in [1.54, 1.807) is 12.1 Å². The number of hydrogen-bond donors (Lipinski definition) is 2. The van der Waals surface area contributed by atoms with E-state index in [0.717, 1.165) is 5.69 Å². The number of aromatic nitrogens is 1. The molecule has 0 spiro atoms. The topological polar surface area (TPSA) is 80.7 Å². The third-order valence-electron chi connectivity index (χ3n) is 2.29. The van der Waals surface area contributed by atoms with Crippen LogP contribution in [-0.2, 0) is 16.0 Å². The molecule has 0 aromatic carbocycles. The number of carbonyl (C=O) groups excluding carboxylic acids is 1. The van der Waals surface area contributed by atoms with Gasteiger partial charge in [-0.2, -0.15) is 0 Å². The molecule has 0 amide bonds. The van der Waals surface area contributed by atoms with Crippen molar-refractivity contribution in [2.75, 3.05) is 27.4 Å². The van der Waals surface area contributed by atoms with Gasteiger partial charge in [0.05, 0.1) is 31.1 Å². The molecule has 1 atom stereocenters. The van der Waals surface area contributed by atoms with Gasteiger partial charge in [0, 0.05) is 26.4 Å². The summed E-state index contributed by atoms with van der Waals surface area (Å²) in [5, 5.41) is 12.4. The molecular weight excluding hydrogens is 236 g/mol. The van der Waals surface area contributed by atoms with Gasteiger partial charge in [-0.15, -0.1) is 0 Å². The van der Waals surface area contributed by atoms with Gasteiger partial charge in [0.2, 0.25) is 0 Å². The van der Waals surface area contributed by atoms with E-state index in [4.69, 9.17) is 4.74 Å². The van der Waals surface area contributed by atoms with E-state index in [1.165, 1.54) is 20.4 Å². The van der Waals surface area contributed by atoms with Gasteiger partial charge in [-0.3, -0.25) is 4.98 Å². The lowest BCUT2D eigenvalue weighted by molar-refractivity contribution is 0.0600. The summed E-state index contributed by atoms with van der Waals surface area (Å²) in [7, 11) is 2.87. The Kier molecular flexibility index (Phi) is 6.27. The van der Waals surface area contributed by atoms with E-state index in [2.05, 4.69) is 15.0 Å². The predicted molar refractivity (Wildman–Crippen MR) is 65.2 cm³/mol. The van der Waals surface area contributed by atoms with Gasteiger partial charge in [0.1, 0.15) is 0 Å². The summed E-state index contributed by atoms with van der Waals surface area (Å²) in [5.74, 6) is -0.405. The highest BCUT2D eigenvalue weighted by Gasteiger charge is 2.06. The summed E-state index contributed by atoms with van der Waals surface area (Å²) < 4.78 is 9.38. The maximum Gasteiger partial charge on any atom is 0.339 e. The van der Waals surface area contributed by atoms with Crippen LogP contribution >= 0.6 is 0 Å². The Labute approximate surface area is 106 Å². The molecule has 0 saturated heterocycles. The van der Waals surface area contributed by atoms with Crippen molar-refractivity contribution in [2.45, 2.75) is 12.6 Å². The van der Waals surface area contributed by atoms with Crippen molar-refractivity contribution in [3.63, 3.8) is 0 Å². The van der Waals surface area contributed by atoms with Crippen LogP contribution in [0.4, 0.5) is 0 Å². The number of nitrogens with one attached hydrogen (secondary N) is 1. The SMILES string of the molecule is COCC(O)CNCc1ccc(C(=O)OC)cn1. The van der Waals surface area contributed by atoms with E-state index in [0.29, 0.717) is 25.3 Å². The van der Waals surface area contributed by atoms with Crippen LogP contribution in [0.1, 0.15) is 16.1 Å². The normalized spacial score (nSPS) is 12.2. The zero-order valence-corrected chi connectivity index (χ0v) is 10.5. The van der Waals surface area contributed by atoms with Crippen LogP contribution in [0.5, 0.6) is 0 Å². The first kappa shape index (κ1) is 14.6. The number of hydrogen-bond acceptors (Lipinski definition) is 6. The smallest absolute Gasteiger partial charge is 0.339 e. The van der Waals surface area contributed by atoms with Crippen LogP contribution in [0.3, 0.4) is 0 Å². The number of aliphatic hydroxyl groups excluding tert-OH is 1. The average molecular weight is 254 g/mol. The van der Waals surface area contributed by atoms with E-state index in [1.807, 2.05) is 0 Å². The molecule has 1 heterocycles. The minimum atomic E-state index is -0.538. The molecule has 0 aliphatic rings. The Morgan fingerprint density at radius 1 is 1.50 bits per heavy atom. The number of rotatable bonds is 7. The second kappa shape index (κ2) is 7.75. The van der Waals surface area contributed by atoms with Gasteiger partial charge < -0.3 is 19.9 Å². The first-order valence-corrected chi connectivity index (χ1v) is 5.58. The third kappa shape index (κ3) is 4.79. The van der Waals surface area contributed by atoms with Gasteiger partial charge in [0.15, 0.2) is 0 Å². The maximum atomic E-state index is 11.2. The van der Waals surface area contributed by atoms with Crippen molar-refractivity contribution in [3.05, 3.63) is 29.6 Å². The molecule has 100 valence electrons. The molecule has 0 saturated carbocycles. The number of methoxy groups -OCH3 is 2. The van der Waals surface area contributed by atoms with Gasteiger partial charge in [-0.25, -0.2) is 4.79 Å². The molecular formula is C12H18N2O4. The maximum absolute atomic E-state index is 11.2. The Morgan fingerprint density at radius 2 is 2.28 bits per heavy atom. The molecule has 1 unspecified atom stereocenters. The molecule has 0 bridgehead atoms. The first-order chi connectivity index (χ1) is 8.67. The second-order valence-electron chi connectivity index (χ2n) is 3.77. The Morgan fingerprint density at radius 3 is 2.83 bits per heavy atom. The van der Waals surface area contributed by atoms with E-state index < -0.39 is 12.1 Å². The highest BCUT2D eigenvalue weighted by atomic mass is 16.5. The number of aliphatic hydroxyl groups is 1. The molecule has 2 N–H and O–H groups in total. The average Bonchev–Trinajstić information content (AvgIpc) is 2.39. The number of nitrogens with zero attached hydrogens (tertiary/aromatic N) is 1. The number of carbonyl (C=O) groups is 1. The van der Waals surface area contributed by atoms with Crippen LogP contribution in [0.2, 0.25) is 0 Å². The summed E-state index contributed by atoms with van der Waals surface area (Å²) in [6, 6.07) is 3.39. The monoisotopic (exact) mass is 254 g/mol. The molecule has 0 radical (unpaired) electrons. The third-order valence-corrected chi connectivity index (χ3v) is 2.29. The van der Waals surface area contributed by atoms with E-state index in [-0.39, 0.29) is 0 Å². The summed E-state index contributed by atoms with van der Waals surface area (Å²) in [6.07, 6.45) is 0.929. The van der Waals surface area contributed by atoms with Crippen molar-refractivity contribution in [2.24, 2.45) is 0 Å². The fourth-order valence-corrected chi connectivity index (χ4v) is 1.39. The lowest BCUT2D eigenvalue weighted by atomic mass is 10.2. The molecule has 0 fully saturated rings. The summed E-state index contributed by atoms with van der Waals surface area (Å²) >= 11 is 0. The van der Waals surface area contributed by atoms with Gasteiger partial charge >= 0.3 is 5.97 Å². The zero-order chi connectivity index (χ0) is 13.4. The lowest BCUT2D eigenvalue weighted by Crippen LogP contribution is -2.29. The number of esters is 1. The fourth-order valence-electron chi connectivity index (χ4n) is 1.39. The second-order valence-corrected chi connectivity index (χ2v) is 3.77. The van der Waals surface area contributed by atoms with Gasteiger partial charge in [-0.1, -0.05) is 0 Å². The van der Waals surface area contributed by atoms with Crippen LogP contribution in [0, 0.1) is 0 Å². The summed E-state index contributed by atoms with van der Waals surface area (Å²) in [5.41, 5.74) is 1.20. The standard InChI is InChI=1S/C12H18N2O4/c1-17-8-11(15)7-13-6-10-4-3-9(5-14-10)12(16)18-2/h3-5,11,13,15H,6-8H2,1-2H3. The minimum absolute atomic E-state index is 0.293. The molecule has 1 rings (SSSR count). The minimum Gasteiger partial charge on any atom is -0.465 e. The molecule has 6 nitrogen and oxygen atoms in total. The van der Waals surface area contributed by atoms with Crippen molar-refractivity contribution in [1.29, 1.82) is 0 Å². The Balaban J connectivity index is 2.37. The first-order valence-electron chi connectivity index (χ1n) is 5.58. The van der Waals surface area contributed by atoms with E-state index in [9.17, 15) is 9.90 Å². The lowest BCUT2D eigenvalue weighted by Gasteiger charge is -2.10. The van der Waals surface area contributed by atoms with Crippen LogP contribution in [0.25, 0.3) is 0 Å². The summed E-state index contributed by atoms with van der Waals surface area (Å²) in [6.45, 7) is 1.23. The number of ether oxygens (including phenoxy) is 2. The van der Waals surface area contributed by atoms with Gasteiger partial charge in [0.25, 0.3) is 0 Å². The molecule has 0 aliphatic heterocycles. The fraction of sp³-hybridized carbons (Fsp3) is 0.500. The van der Waals surface area contributed by atoms with Crippen molar-refractivity contribution >= 4 is 5.97 Å². The molecule has 6 heteroatoms. The highest BCUT2D eigenvalue weighted by Crippen LogP contribution is 2.01. The van der Waals surface area contributed by atoms with Crippen molar-refractivity contribution < 1.29 is 19.4 Å². The summed E-state index contributed by atoms with van der Waals surface area (Å²) in [4.78, 5) is 15.3. The Bertz CT molecular complexity index is 367. The van der Waals surface area contributed by atoms with Gasteiger partial charge in [-0.05, 0) is 12.1 Å². The largest absolute Gasteiger partial charge is 0.465 e. The van der Waals surface area contributed by atoms with E-state index >= 15 is 0 Å². The number of pyridine rings is 1. The molecule has 18 heavy (non-hydrogen) atoms. The van der Waals surface area contributed by atoms with Crippen LogP contribution in [0.15, 0.2) is 18.3 Å². The van der Waals surface area contributed by atoms with Crippen LogP contribution < -0.4 is 5.32 Å². The van der Waals surface area contributed by atoms with Crippen LogP contribution in [-0.4, -0.2) is 49.5 Å². The highest BCUT2D eigenvalue weighted by molar-refractivity contribution is 5.88. The predicted octanol–water partition coefficient (Wildman–Crippen LogP) is -0.0349. The van der Waals surface area contributed by atoms with Crippen molar-refractivity contribution in [3.8, 4) is 0 Å². The molecule has 1 aromatic rings. The Hall–Kier alpha value is -1.50. The zero-order valence-electron chi connectivity index (χ0n) is 10.5.